The van der Waals surface area contributed by atoms with Crippen LogP contribution in [0.25, 0.3) is 11.0 Å². The van der Waals surface area contributed by atoms with E-state index in [1.165, 1.54) is 0 Å². The number of hydrogen-bond acceptors (Lipinski definition) is 3. The molecule has 1 atom stereocenters. The van der Waals surface area contributed by atoms with Crippen LogP contribution in [0.5, 0.6) is 0 Å². The first-order valence-electron chi connectivity index (χ1n) is 7.10. The van der Waals surface area contributed by atoms with Crippen molar-refractivity contribution < 1.29 is 0 Å². The number of aromatic amines is 1. The van der Waals surface area contributed by atoms with Gasteiger partial charge in [-0.3, -0.25) is 14.5 Å². The van der Waals surface area contributed by atoms with Gasteiger partial charge in [0, 0.05) is 19.1 Å². The number of aromatic nitrogens is 2. The summed E-state index contributed by atoms with van der Waals surface area (Å²) >= 11 is 0. The maximum atomic E-state index is 12.2. The Balaban J connectivity index is 2.28. The molecular weight excluding hydrogens is 254 g/mol. The number of hydrogen-bond donors (Lipinski definition) is 1. The first-order chi connectivity index (χ1) is 9.61. The van der Waals surface area contributed by atoms with Gasteiger partial charge in [-0.2, -0.15) is 0 Å². The molecule has 1 aliphatic heterocycles. The van der Waals surface area contributed by atoms with Gasteiger partial charge in [-0.15, -0.1) is 0 Å². The largest absolute Gasteiger partial charge is 0.316 e. The zero-order valence-corrected chi connectivity index (χ0v) is 11.8. The van der Waals surface area contributed by atoms with Gasteiger partial charge in [0.05, 0.1) is 11.0 Å². The van der Waals surface area contributed by atoms with Crippen LogP contribution in [0.15, 0.2) is 27.8 Å². The summed E-state index contributed by atoms with van der Waals surface area (Å²) in [7, 11) is 0. The number of rotatable bonds is 2. The van der Waals surface area contributed by atoms with Gasteiger partial charge in [-0.25, -0.2) is 0 Å². The van der Waals surface area contributed by atoms with Gasteiger partial charge in [0.15, 0.2) is 0 Å². The molecule has 0 spiro atoms. The monoisotopic (exact) mass is 273 g/mol. The van der Waals surface area contributed by atoms with Gasteiger partial charge < -0.3 is 9.55 Å². The van der Waals surface area contributed by atoms with E-state index in [0.29, 0.717) is 6.54 Å². The molecule has 0 bridgehead atoms. The van der Waals surface area contributed by atoms with E-state index in [9.17, 15) is 9.59 Å². The zero-order chi connectivity index (χ0) is 14.3. The molecule has 0 saturated heterocycles. The summed E-state index contributed by atoms with van der Waals surface area (Å²) in [6.45, 7) is 6.64. The van der Waals surface area contributed by atoms with E-state index in [4.69, 9.17) is 0 Å². The van der Waals surface area contributed by atoms with Crippen LogP contribution in [0.1, 0.15) is 25.8 Å². The van der Waals surface area contributed by atoms with Crippen molar-refractivity contribution in [3.05, 3.63) is 44.5 Å². The highest BCUT2D eigenvalue weighted by Gasteiger charge is 2.22. The summed E-state index contributed by atoms with van der Waals surface area (Å²) in [5.41, 5.74) is 1.75. The minimum absolute atomic E-state index is 0.241. The van der Waals surface area contributed by atoms with E-state index in [1.807, 2.05) is 18.2 Å². The fraction of sp³-hybridized carbons (Fsp3) is 0.467. The summed E-state index contributed by atoms with van der Waals surface area (Å²) in [5.74, 6) is 0. The number of para-hydroxylation sites is 1. The first-order valence-corrected chi connectivity index (χ1v) is 7.10. The van der Waals surface area contributed by atoms with Gasteiger partial charge >= 0.3 is 11.1 Å². The van der Waals surface area contributed by atoms with E-state index < -0.39 is 11.1 Å². The summed E-state index contributed by atoms with van der Waals surface area (Å²) in [6.07, 6.45) is 1.07. The maximum absolute atomic E-state index is 12.2. The first kappa shape index (κ1) is 13.1. The highest BCUT2D eigenvalue weighted by Crippen LogP contribution is 2.22. The molecular formula is C15H19N3O2. The lowest BCUT2D eigenvalue weighted by Crippen LogP contribution is -2.40. The normalized spacial score (nSPS) is 19.2. The van der Waals surface area contributed by atoms with Crippen molar-refractivity contribution in [2.75, 3.05) is 6.54 Å². The zero-order valence-electron chi connectivity index (χ0n) is 11.8. The third-order valence-corrected chi connectivity index (χ3v) is 4.03. The van der Waals surface area contributed by atoms with Crippen LogP contribution in [0, 0.1) is 0 Å². The molecule has 1 unspecified atom stereocenters. The van der Waals surface area contributed by atoms with Crippen LogP contribution >= 0.6 is 0 Å². The maximum Gasteiger partial charge on any atom is 0.316 e. The van der Waals surface area contributed by atoms with Crippen LogP contribution < -0.4 is 11.1 Å². The average molecular weight is 273 g/mol. The van der Waals surface area contributed by atoms with Crippen LogP contribution in [-0.2, 0) is 13.1 Å². The third-order valence-electron chi connectivity index (χ3n) is 4.03. The summed E-state index contributed by atoms with van der Waals surface area (Å²) in [6, 6.07) is 6.07. The van der Waals surface area contributed by atoms with E-state index in [0.717, 1.165) is 36.1 Å². The Morgan fingerprint density at radius 3 is 2.90 bits per heavy atom. The standard InChI is InChI=1S/C15H19N3O2/c1-3-7-17-9-11-5-4-6-12-13(11)18(8-10(17)2)15(20)14(19)16-12/h4-6,10H,3,7-9H2,1-2H3,(H,16,19). The topological polar surface area (TPSA) is 58.1 Å². The van der Waals surface area contributed by atoms with Gasteiger partial charge in [0.25, 0.3) is 0 Å². The van der Waals surface area contributed by atoms with Crippen molar-refractivity contribution in [3.63, 3.8) is 0 Å². The molecule has 20 heavy (non-hydrogen) atoms. The molecule has 2 heterocycles. The fourth-order valence-electron chi connectivity index (χ4n) is 3.05. The van der Waals surface area contributed by atoms with E-state index in [1.54, 1.807) is 4.57 Å². The molecule has 5 nitrogen and oxygen atoms in total. The molecule has 3 rings (SSSR count). The summed E-state index contributed by atoms with van der Waals surface area (Å²) < 4.78 is 1.64. The second-order valence-electron chi connectivity index (χ2n) is 5.50. The quantitative estimate of drug-likeness (QED) is 0.839. The molecule has 0 radical (unpaired) electrons. The van der Waals surface area contributed by atoms with Crippen LogP contribution in [-0.4, -0.2) is 27.0 Å². The number of nitrogens with zero attached hydrogens (tertiary/aromatic N) is 2. The molecule has 5 heteroatoms. The minimum atomic E-state index is -0.536. The Hall–Kier alpha value is -1.88. The smallest absolute Gasteiger partial charge is 0.316 e. The van der Waals surface area contributed by atoms with E-state index >= 15 is 0 Å². The Morgan fingerprint density at radius 2 is 2.15 bits per heavy atom. The Morgan fingerprint density at radius 1 is 1.35 bits per heavy atom. The Kier molecular flexibility index (Phi) is 3.22. The predicted molar refractivity (Wildman–Crippen MR) is 79.0 cm³/mol. The van der Waals surface area contributed by atoms with Crippen LogP contribution in [0.4, 0.5) is 0 Å². The molecule has 0 amide bonds. The van der Waals surface area contributed by atoms with Crippen molar-refractivity contribution in [2.24, 2.45) is 0 Å². The van der Waals surface area contributed by atoms with E-state index in [-0.39, 0.29) is 6.04 Å². The van der Waals surface area contributed by atoms with Crippen molar-refractivity contribution >= 4 is 11.0 Å². The Bertz CT molecular complexity index is 760. The van der Waals surface area contributed by atoms with Crippen molar-refractivity contribution in [3.8, 4) is 0 Å². The number of benzene rings is 1. The fourth-order valence-corrected chi connectivity index (χ4v) is 3.05. The highest BCUT2D eigenvalue weighted by atomic mass is 16.2. The molecule has 0 saturated carbocycles. The molecule has 1 aliphatic rings. The second kappa shape index (κ2) is 4.90. The van der Waals surface area contributed by atoms with Gasteiger partial charge in [0.2, 0.25) is 0 Å². The van der Waals surface area contributed by atoms with Gasteiger partial charge in [-0.05, 0) is 31.5 Å². The lowest BCUT2D eigenvalue weighted by molar-refractivity contribution is 0.189. The van der Waals surface area contributed by atoms with Crippen LogP contribution in [0.2, 0.25) is 0 Å². The lowest BCUT2D eigenvalue weighted by atomic mass is 10.1. The molecule has 106 valence electrons. The lowest BCUT2D eigenvalue weighted by Gasteiger charge is -2.26. The SMILES string of the molecule is CCCN1Cc2cccc3[nH]c(=O)c(=O)n(c23)CC1C. The van der Waals surface area contributed by atoms with Crippen LogP contribution in [0.3, 0.4) is 0 Å². The number of H-pyrrole nitrogens is 1. The predicted octanol–water partition coefficient (Wildman–Crippen LogP) is 1.30. The minimum Gasteiger partial charge on any atom is -0.316 e. The summed E-state index contributed by atoms with van der Waals surface area (Å²) in [5, 5.41) is 0. The molecule has 0 fully saturated rings. The molecule has 1 aromatic carbocycles. The highest BCUT2D eigenvalue weighted by molar-refractivity contribution is 5.78. The van der Waals surface area contributed by atoms with Crippen molar-refractivity contribution in [1.82, 2.24) is 14.5 Å². The average Bonchev–Trinajstić information content (AvgIpc) is 2.56. The second-order valence-corrected chi connectivity index (χ2v) is 5.50. The van der Waals surface area contributed by atoms with Gasteiger partial charge in [-0.1, -0.05) is 19.1 Å². The third kappa shape index (κ3) is 1.98. The summed E-state index contributed by atoms with van der Waals surface area (Å²) in [4.78, 5) is 29.0. The van der Waals surface area contributed by atoms with E-state index in [2.05, 4.69) is 23.7 Å². The van der Waals surface area contributed by atoms with Crippen molar-refractivity contribution in [2.45, 2.75) is 39.4 Å². The van der Waals surface area contributed by atoms with Gasteiger partial charge in [0.1, 0.15) is 0 Å². The Labute approximate surface area is 116 Å². The molecule has 1 aromatic heterocycles. The molecule has 0 aliphatic carbocycles. The molecule has 2 aromatic rings. The molecule has 1 N–H and O–H groups in total. The van der Waals surface area contributed by atoms with Crippen molar-refractivity contribution in [1.29, 1.82) is 0 Å². The number of nitrogens with one attached hydrogen (secondary N) is 1.